The van der Waals surface area contributed by atoms with Crippen LogP contribution >= 0.6 is 0 Å². The molecule has 2 unspecified atom stereocenters. The Morgan fingerprint density at radius 3 is 1.37 bits per heavy atom. The van der Waals surface area contributed by atoms with Gasteiger partial charge in [-0.3, -0.25) is 0 Å². The first kappa shape index (κ1) is 75.8. The standard InChI is InChI=1S/C89H118N4O4.Hf/c1-55-40-57(43-64(41-55)90(25)26)72-49-63(88(23,24)54-82(6,7)8)51-78(93-75-36-32-60(85(15,16)17)46-68(75)69-47-61(86(18,19)20)33-37-76(69)93)89(72,95)97-39-29-38-96-80-56(2)42-65(91(27)28)52-71(80)70-48-62(87(21,22)53-81(3,4)5)50-77(79(70)94)92-73-34-30-58(83(9,10)11)44-66(73)67-45-59(84(12,13)14)31-35-74(67)92;/h30-37,40-52,78,94-95H,29,38-39,53-54H2,1-28H3;. The van der Waals surface area contributed by atoms with Gasteiger partial charge in [-0.1, -0.05) is 189 Å². The van der Waals surface area contributed by atoms with Gasteiger partial charge in [0.2, 0.25) is 5.79 Å². The zero-order valence-electron chi connectivity index (χ0n) is 65.2. The molecule has 0 aliphatic heterocycles. The number of hydrogen-bond acceptors (Lipinski definition) is 6. The van der Waals surface area contributed by atoms with Crippen LogP contribution in [0.3, 0.4) is 0 Å². The molecule has 0 fully saturated rings. The van der Waals surface area contributed by atoms with Gasteiger partial charge in [0.1, 0.15) is 17.5 Å². The maximum Gasteiger partial charge on any atom is 0.218 e. The Labute approximate surface area is 608 Å². The molecule has 522 valence electrons. The number of phenolic OH excluding ortho intramolecular Hbond substituents is 1. The number of benzene rings is 7. The fraction of sp³-hybridized carbons (Fsp3) is 0.483. The number of ether oxygens (including phenoxy) is 2. The number of aromatic hydroxyl groups is 1. The summed E-state index contributed by atoms with van der Waals surface area (Å²) in [5.41, 5.74) is 18.5. The molecule has 2 aromatic heterocycles. The molecule has 0 bridgehead atoms. The van der Waals surface area contributed by atoms with Crippen LogP contribution < -0.4 is 14.5 Å². The van der Waals surface area contributed by atoms with Crippen molar-refractivity contribution in [2.45, 2.75) is 224 Å². The second kappa shape index (κ2) is 26.5. The van der Waals surface area contributed by atoms with E-state index in [9.17, 15) is 10.2 Å². The quantitative estimate of drug-likeness (QED) is 0.0570. The van der Waals surface area contributed by atoms with Gasteiger partial charge >= 0.3 is 0 Å². The van der Waals surface area contributed by atoms with E-state index in [4.69, 9.17) is 9.47 Å². The number of rotatable bonds is 16. The fourth-order valence-corrected chi connectivity index (χ4v) is 15.7. The number of phenols is 1. The number of aryl methyl sites for hydroxylation is 2. The van der Waals surface area contributed by atoms with E-state index in [1.54, 1.807) is 0 Å². The molecule has 0 amide bonds. The summed E-state index contributed by atoms with van der Waals surface area (Å²) in [5, 5.41) is 32.7. The molecule has 7 aromatic carbocycles. The topological polar surface area (TPSA) is 75.3 Å². The monoisotopic (exact) mass is 1490 g/mol. The van der Waals surface area contributed by atoms with Crippen LogP contribution in [0.5, 0.6) is 11.5 Å². The Morgan fingerprint density at radius 2 is 0.918 bits per heavy atom. The Bertz CT molecular complexity index is 4410. The molecule has 9 aromatic rings. The van der Waals surface area contributed by atoms with Crippen molar-refractivity contribution in [1.29, 1.82) is 0 Å². The van der Waals surface area contributed by atoms with Gasteiger partial charge in [0.25, 0.3) is 0 Å². The first-order valence-corrected chi connectivity index (χ1v) is 35.7. The van der Waals surface area contributed by atoms with Crippen molar-refractivity contribution in [2.24, 2.45) is 16.2 Å². The van der Waals surface area contributed by atoms with E-state index >= 15 is 0 Å². The van der Waals surface area contributed by atoms with Crippen molar-refractivity contribution < 1.29 is 45.5 Å². The Balaban J connectivity index is 0.0000112. The van der Waals surface area contributed by atoms with Crippen molar-refractivity contribution in [3.63, 3.8) is 0 Å². The minimum Gasteiger partial charge on any atom is -0.505 e. The normalized spacial score (nSPS) is 16.3. The first-order valence-electron chi connectivity index (χ1n) is 35.7. The molecular formula is C89H118HfN4O4. The van der Waals surface area contributed by atoms with Gasteiger partial charge in [-0.15, -0.1) is 0 Å². The minimum atomic E-state index is -1.88. The third kappa shape index (κ3) is 15.3. The predicted molar refractivity (Wildman–Crippen MR) is 418 cm³/mol. The summed E-state index contributed by atoms with van der Waals surface area (Å²) in [6.45, 7) is 55.4. The maximum absolute atomic E-state index is 14.6. The average molecular weight is 1490 g/mol. The zero-order valence-corrected chi connectivity index (χ0v) is 68.8. The van der Waals surface area contributed by atoms with E-state index in [1.807, 2.05) is 0 Å². The molecule has 2 heterocycles. The SMILES string of the molecule is Cc1cc(C2=CC(C(C)(C)CC(C)(C)C)=CC(n3c4ccc(C(C)(C)C)cc4c4cc(C(C)(C)C)ccc43)C2(O)OCCCOc2c(C)cc(N(C)C)cc2-c2cc(C(C)(C)CC(C)(C)C)cc(-n3c4ccc(C(C)(C)C)cc4c4cc(C(C)(C)C)ccc43)c2O)cc(N(C)C)c1.[Hf]. The Hall–Kier alpha value is -6.39. The Kier molecular flexibility index (Phi) is 20.5. The maximum atomic E-state index is 14.6. The summed E-state index contributed by atoms with van der Waals surface area (Å²) in [7, 11) is 8.29. The van der Waals surface area contributed by atoms with E-state index < -0.39 is 11.8 Å². The van der Waals surface area contributed by atoms with E-state index in [2.05, 4.69) is 341 Å². The summed E-state index contributed by atoms with van der Waals surface area (Å²) < 4.78 is 19.4. The van der Waals surface area contributed by atoms with Gasteiger partial charge in [0.15, 0.2) is 0 Å². The molecule has 1 aliphatic carbocycles. The first-order chi connectivity index (χ1) is 44.6. The second-order valence-corrected chi connectivity index (χ2v) is 37.1. The van der Waals surface area contributed by atoms with Gasteiger partial charge in [-0.05, 0) is 211 Å². The smallest absolute Gasteiger partial charge is 0.218 e. The summed E-state index contributed by atoms with van der Waals surface area (Å²) in [6.07, 6.45) is 6.85. The van der Waals surface area contributed by atoms with Gasteiger partial charge in [-0.2, -0.15) is 0 Å². The zero-order chi connectivity index (χ0) is 71.6. The van der Waals surface area contributed by atoms with Crippen LogP contribution in [0, 0.1) is 30.1 Å². The molecule has 10 rings (SSSR count). The molecule has 0 saturated carbocycles. The molecule has 0 radical (unpaired) electrons. The predicted octanol–water partition coefficient (Wildman–Crippen LogP) is 23.1. The Morgan fingerprint density at radius 1 is 0.480 bits per heavy atom. The van der Waals surface area contributed by atoms with Gasteiger partial charge in [0.05, 0.1) is 29.9 Å². The molecule has 98 heavy (non-hydrogen) atoms. The van der Waals surface area contributed by atoms with Crippen LogP contribution in [0.1, 0.15) is 222 Å². The third-order valence-corrected chi connectivity index (χ3v) is 20.4. The van der Waals surface area contributed by atoms with Crippen molar-refractivity contribution in [1.82, 2.24) is 9.13 Å². The molecule has 2 N–H and O–H groups in total. The van der Waals surface area contributed by atoms with Crippen LogP contribution in [0.4, 0.5) is 11.4 Å². The summed E-state index contributed by atoms with van der Waals surface area (Å²) in [5.74, 6) is -1.00. The van der Waals surface area contributed by atoms with Crippen molar-refractivity contribution in [2.75, 3.05) is 51.2 Å². The molecule has 9 heteroatoms. The number of anilines is 2. The van der Waals surface area contributed by atoms with Crippen LogP contribution in [-0.4, -0.2) is 66.5 Å². The van der Waals surface area contributed by atoms with Crippen molar-refractivity contribution in [3.05, 3.63) is 177 Å². The van der Waals surface area contributed by atoms with Crippen LogP contribution in [0.15, 0.2) is 133 Å². The number of nitrogens with zero attached hydrogens (tertiary/aromatic N) is 4. The number of fused-ring (bicyclic) bond motifs is 6. The summed E-state index contributed by atoms with van der Waals surface area (Å²) >= 11 is 0. The van der Waals surface area contributed by atoms with E-state index in [-0.39, 0.29) is 88.1 Å². The summed E-state index contributed by atoms with van der Waals surface area (Å²) in [4.78, 5) is 4.27. The van der Waals surface area contributed by atoms with Crippen LogP contribution in [0.25, 0.3) is 66.0 Å². The van der Waals surface area contributed by atoms with Crippen LogP contribution in [-0.2, 0) is 57.7 Å². The minimum absolute atomic E-state index is 0. The van der Waals surface area contributed by atoms with E-state index in [1.165, 1.54) is 22.3 Å². The molecule has 0 spiro atoms. The van der Waals surface area contributed by atoms with E-state index in [0.29, 0.717) is 17.7 Å². The molecule has 0 saturated heterocycles. The third-order valence-electron chi connectivity index (χ3n) is 20.4. The van der Waals surface area contributed by atoms with Gasteiger partial charge in [0, 0.05) is 121 Å². The second-order valence-electron chi connectivity index (χ2n) is 37.1. The van der Waals surface area contributed by atoms with Crippen LogP contribution in [0.2, 0.25) is 0 Å². The number of hydrogen-bond donors (Lipinski definition) is 2. The largest absolute Gasteiger partial charge is 0.505 e. The fourth-order valence-electron chi connectivity index (χ4n) is 15.7. The van der Waals surface area contributed by atoms with Crippen molar-refractivity contribution in [3.8, 4) is 28.3 Å². The van der Waals surface area contributed by atoms with Gasteiger partial charge < -0.3 is 38.6 Å². The molecule has 1 aliphatic rings. The molecule has 2 atom stereocenters. The van der Waals surface area contributed by atoms with Gasteiger partial charge in [-0.25, -0.2) is 0 Å². The average Bonchev–Trinajstić information content (AvgIpc) is 1.42. The van der Waals surface area contributed by atoms with Crippen molar-refractivity contribution >= 4 is 60.6 Å². The number of aliphatic hydroxyl groups is 1. The molecule has 8 nitrogen and oxygen atoms in total. The number of allylic oxidation sites excluding steroid dienone is 2. The summed E-state index contributed by atoms with van der Waals surface area (Å²) in [6, 6.07) is 42.4. The molecular weight excluding hydrogens is 1370 g/mol. The number of aromatic nitrogens is 2. The van der Waals surface area contributed by atoms with E-state index in [0.717, 1.165) is 112 Å².